The van der Waals surface area contributed by atoms with Crippen molar-refractivity contribution in [1.82, 2.24) is 9.47 Å². The van der Waals surface area contributed by atoms with Crippen LogP contribution in [0.5, 0.6) is 0 Å². The lowest BCUT2D eigenvalue weighted by atomic mass is 10.2. The molecule has 0 aromatic carbocycles. The molecule has 5 nitrogen and oxygen atoms in total. The lowest BCUT2D eigenvalue weighted by Crippen LogP contribution is -2.27. The summed E-state index contributed by atoms with van der Waals surface area (Å²) in [5.41, 5.74) is 0.625. The van der Waals surface area contributed by atoms with Gasteiger partial charge in [-0.2, -0.15) is 0 Å². The molecule has 88 valence electrons. The Labute approximate surface area is 94.3 Å². The first-order chi connectivity index (χ1) is 7.50. The molecule has 0 aliphatic carbocycles. The second-order valence-electron chi connectivity index (χ2n) is 3.79. The second kappa shape index (κ2) is 5.34. The van der Waals surface area contributed by atoms with E-state index < -0.39 is 5.97 Å². The lowest BCUT2D eigenvalue weighted by molar-refractivity contribution is -0.137. The van der Waals surface area contributed by atoms with E-state index in [0.717, 1.165) is 0 Å². The van der Waals surface area contributed by atoms with Gasteiger partial charge in [-0.05, 0) is 12.5 Å². The number of carboxylic acids is 1. The molecule has 0 aliphatic heterocycles. The fraction of sp³-hybridized carbons (Fsp3) is 0.455. The molecule has 1 aromatic rings. The third kappa shape index (κ3) is 3.42. The number of carboxylic acid groups (broad SMARTS) is 1. The van der Waals surface area contributed by atoms with Crippen LogP contribution in [0.25, 0.3) is 0 Å². The van der Waals surface area contributed by atoms with Crippen LogP contribution in [-0.2, 0) is 11.8 Å². The average molecular weight is 224 g/mol. The molecule has 1 rings (SSSR count). The standard InChI is InChI=1S/C11H16N2O3/c1-12-7-5-9(8-12)11(16)13(2)6-3-4-10(14)15/h5,7-8H,3-4,6H2,1-2H3,(H,14,15). The topological polar surface area (TPSA) is 62.5 Å². The zero-order valence-corrected chi connectivity index (χ0v) is 9.51. The van der Waals surface area contributed by atoms with E-state index >= 15 is 0 Å². The highest BCUT2D eigenvalue weighted by Crippen LogP contribution is 2.04. The molecule has 0 bridgehead atoms. The number of hydrogen-bond acceptors (Lipinski definition) is 2. The highest BCUT2D eigenvalue weighted by atomic mass is 16.4. The minimum Gasteiger partial charge on any atom is -0.481 e. The summed E-state index contributed by atoms with van der Waals surface area (Å²) in [5.74, 6) is -0.911. The molecule has 1 amide bonds. The third-order valence-electron chi connectivity index (χ3n) is 2.31. The van der Waals surface area contributed by atoms with Crippen molar-refractivity contribution >= 4 is 11.9 Å². The summed E-state index contributed by atoms with van der Waals surface area (Å²) < 4.78 is 1.80. The monoisotopic (exact) mass is 224 g/mol. The highest BCUT2D eigenvalue weighted by Gasteiger charge is 2.12. The fourth-order valence-electron chi connectivity index (χ4n) is 1.42. The Bertz CT molecular complexity index is 384. The number of aryl methyl sites for hydroxylation is 1. The van der Waals surface area contributed by atoms with E-state index in [1.807, 2.05) is 7.05 Å². The molecule has 0 unspecified atom stereocenters. The molecule has 1 aromatic heterocycles. The van der Waals surface area contributed by atoms with Crippen molar-refractivity contribution in [3.63, 3.8) is 0 Å². The maximum Gasteiger partial charge on any atom is 0.303 e. The van der Waals surface area contributed by atoms with Crippen LogP contribution >= 0.6 is 0 Å². The number of rotatable bonds is 5. The maximum absolute atomic E-state index is 11.8. The predicted octanol–water partition coefficient (Wildman–Crippen LogP) is 0.962. The number of nitrogens with zero attached hydrogens (tertiary/aromatic N) is 2. The number of amides is 1. The summed E-state index contributed by atoms with van der Waals surface area (Å²) in [6.45, 7) is 0.458. The Morgan fingerprint density at radius 2 is 2.19 bits per heavy atom. The Balaban J connectivity index is 2.45. The Morgan fingerprint density at radius 1 is 1.50 bits per heavy atom. The molecule has 0 saturated heterocycles. The van der Waals surface area contributed by atoms with Gasteiger partial charge in [-0.15, -0.1) is 0 Å². The maximum atomic E-state index is 11.8. The van der Waals surface area contributed by atoms with E-state index in [2.05, 4.69) is 0 Å². The van der Waals surface area contributed by atoms with Crippen LogP contribution in [-0.4, -0.2) is 40.0 Å². The zero-order valence-electron chi connectivity index (χ0n) is 9.51. The van der Waals surface area contributed by atoms with Crippen molar-refractivity contribution in [2.45, 2.75) is 12.8 Å². The van der Waals surface area contributed by atoms with Crippen LogP contribution in [0.2, 0.25) is 0 Å². The normalized spacial score (nSPS) is 10.1. The van der Waals surface area contributed by atoms with Crippen LogP contribution in [0, 0.1) is 0 Å². The van der Waals surface area contributed by atoms with Gasteiger partial charge in [0.05, 0.1) is 5.56 Å². The number of carbonyl (C=O) groups excluding carboxylic acids is 1. The quantitative estimate of drug-likeness (QED) is 0.810. The largest absolute Gasteiger partial charge is 0.481 e. The summed E-state index contributed by atoms with van der Waals surface area (Å²) in [6.07, 6.45) is 4.12. The molecule has 0 fully saturated rings. The summed E-state index contributed by atoms with van der Waals surface area (Å²) in [6, 6.07) is 1.75. The number of hydrogen-bond donors (Lipinski definition) is 1. The molecule has 0 spiro atoms. The minimum absolute atomic E-state index is 0.0778. The van der Waals surface area contributed by atoms with E-state index in [0.29, 0.717) is 18.5 Å². The van der Waals surface area contributed by atoms with Gasteiger partial charge >= 0.3 is 5.97 Å². The first-order valence-electron chi connectivity index (χ1n) is 5.10. The van der Waals surface area contributed by atoms with Gasteiger partial charge in [0.15, 0.2) is 0 Å². The van der Waals surface area contributed by atoms with Gasteiger partial charge in [-0.25, -0.2) is 0 Å². The van der Waals surface area contributed by atoms with E-state index in [9.17, 15) is 9.59 Å². The molecule has 0 radical (unpaired) electrons. The summed E-state index contributed by atoms with van der Waals surface area (Å²) >= 11 is 0. The second-order valence-corrected chi connectivity index (χ2v) is 3.79. The number of aliphatic carboxylic acids is 1. The van der Waals surface area contributed by atoms with Crippen LogP contribution in [0.3, 0.4) is 0 Å². The van der Waals surface area contributed by atoms with Gasteiger partial charge < -0.3 is 14.6 Å². The van der Waals surface area contributed by atoms with Crippen molar-refractivity contribution in [2.24, 2.45) is 7.05 Å². The van der Waals surface area contributed by atoms with Crippen LogP contribution in [0.4, 0.5) is 0 Å². The van der Waals surface area contributed by atoms with Gasteiger partial charge in [-0.1, -0.05) is 0 Å². The molecular formula is C11H16N2O3. The molecule has 1 heterocycles. The molecule has 16 heavy (non-hydrogen) atoms. The summed E-state index contributed by atoms with van der Waals surface area (Å²) in [5, 5.41) is 8.48. The summed E-state index contributed by atoms with van der Waals surface area (Å²) in [4.78, 5) is 23.7. The fourth-order valence-corrected chi connectivity index (χ4v) is 1.42. The van der Waals surface area contributed by atoms with Gasteiger partial charge in [0, 0.05) is 39.5 Å². The van der Waals surface area contributed by atoms with Crippen molar-refractivity contribution < 1.29 is 14.7 Å². The summed E-state index contributed by atoms with van der Waals surface area (Å²) in [7, 11) is 3.53. The molecular weight excluding hydrogens is 208 g/mol. The Hall–Kier alpha value is -1.78. The van der Waals surface area contributed by atoms with Crippen molar-refractivity contribution in [2.75, 3.05) is 13.6 Å². The van der Waals surface area contributed by atoms with Crippen molar-refractivity contribution in [1.29, 1.82) is 0 Å². The van der Waals surface area contributed by atoms with Gasteiger partial charge in [0.1, 0.15) is 0 Å². The zero-order chi connectivity index (χ0) is 12.1. The Morgan fingerprint density at radius 3 is 2.69 bits per heavy atom. The lowest BCUT2D eigenvalue weighted by Gasteiger charge is -2.15. The van der Waals surface area contributed by atoms with Crippen LogP contribution in [0.1, 0.15) is 23.2 Å². The van der Waals surface area contributed by atoms with Gasteiger partial charge in [0.2, 0.25) is 0 Å². The Kier molecular flexibility index (Phi) is 4.10. The average Bonchev–Trinajstić information content (AvgIpc) is 2.63. The number of aromatic nitrogens is 1. The molecule has 0 aliphatic rings. The highest BCUT2D eigenvalue weighted by molar-refractivity contribution is 5.93. The van der Waals surface area contributed by atoms with Crippen LogP contribution in [0.15, 0.2) is 18.5 Å². The third-order valence-corrected chi connectivity index (χ3v) is 2.31. The first kappa shape index (κ1) is 12.3. The molecule has 5 heteroatoms. The van der Waals surface area contributed by atoms with E-state index in [-0.39, 0.29) is 12.3 Å². The van der Waals surface area contributed by atoms with Gasteiger partial charge in [-0.3, -0.25) is 9.59 Å². The smallest absolute Gasteiger partial charge is 0.303 e. The number of carbonyl (C=O) groups is 2. The van der Waals surface area contributed by atoms with Gasteiger partial charge in [0.25, 0.3) is 5.91 Å². The van der Waals surface area contributed by atoms with E-state index in [4.69, 9.17) is 5.11 Å². The van der Waals surface area contributed by atoms with E-state index in [1.54, 1.807) is 30.1 Å². The van der Waals surface area contributed by atoms with E-state index in [1.165, 1.54) is 4.90 Å². The van der Waals surface area contributed by atoms with Crippen molar-refractivity contribution in [3.8, 4) is 0 Å². The van der Waals surface area contributed by atoms with Crippen LogP contribution < -0.4 is 0 Å². The molecule has 0 atom stereocenters. The minimum atomic E-state index is -0.833. The molecule has 0 saturated carbocycles. The first-order valence-corrected chi connectivity index (χ1v) is 5.10. The SMILES string of the molecule is CN(CCCC(=O)O)C(=O)c1ccn(C)c1. The molecule has 1 N–H and O–H groups in total. The van der Waals surface area contributed by atoms with Crippen molar-refractivity contribution in [3.05, 3.63) is 24.0 Å². The predicted molar refractivity (Wildman–Crippen MR) is 59.2 cm³/mol.